The van der Waals surface area contributed by atoms with E-state index in [0.717, 1.165) is 17.7 Å². The van der Waals surface area contributed by atoms with Crippen molar-refractivity contribution in [1.29, 1.82) is 0 Å². The molecule has 3 nitrogen and oxygen atoms in total. The van der Waals surface area contributed by atoms with Crippen LogP contribution < -0.4 is 5.32 Å². The minimum Gasteiger partial charge on any atom is -0.472 e. The summed E-state index contributed by atoms with van der Waals surface area (Å²) in [6, 6.07) is 13.3. The first-order chi connectivity index (χ1) is 11.9. The molecule has 1 amide bonds. The number of furan rings is 1. The molecule has 0 radical (unpaired) electrons. The average molecular weight is 345 g/mol. The van der Waals surface area contributed by atoms with Gasteiger partial charge < -0.3 is 9.73 Å². The molecule has 0 unspecified atom stereocenters. The first kappa shape index (κ1) is 16.8. The lowest BCUT2D eigenvalue weighted by Crippen LogP contribution is -2.23. The van der Waals surface area contributed by atoms with E-state index >= 15 is 0 Å². The molecule has 2 aromatic carbocycles. The SMILES string of the molecule is O=C(NCc1ccoc1)c1ccccc1-c1ccc(C(F)(F)F)cc1. The topological polar surface area (TPSA) is 42.2 Å². The third-order valence-electron chi connectivity index (χ3n) is 3.73. The van der Waals surface area contributed by atoms with Crippen LogP contribution in [0.2, 0.25) is 0 Å². The summed E-state index contributed by atoms with van der Waals surface area (Å²) in [6.45, 7) is 0.302. The number of halogens is 3. The molecule has 1 aromatic heterocycles. The van der Waals surface area contributed by atoms with Gasteiger partial charge in [0.1, 0.15) is 0 Å². The Morgan fingerprint density at radius 1 is 1.00 bits per heavy atom. The molecule has 0 atom stereocenters. The van der Waals surface area contributed by atoms with Gasteiger partial charge in [0.15, 0.2) is 0 Å². The van der Waals surface area contributed by atoms with Gasteiger partial charge in [0.2, 0.25) is 0 Å². The maximum Gasteiger partial charge on any atom is 0.416 e. The van der Waals surface area contributed by atoms with Gasteiger partial charge in [-0.15, -0.1) is 0 Å². The second-order valence-corrected chi connectivity index (χ2v) is 5.43. The Morgan fingerprint density at radius 2 is 1.72 bits per heavy atom. The zero-order valence-corrected chi connectivity index (χ0v) is 13.0. The molecular formula is C19H14F3NO2. The number of hydrogen-bond acceptors (Lipinski definition) is 2. The lowest BCUT2D eigenvalue weighted by Gasteiger charge is -2.11. The first-order valence-electron chi connectivity index (χ1n) is 7.51. The molecule has 3 aromatic rings. The van der Waals surface area contributed by atoms with Crippen molar-refractivity contribution in [2.24, 2.45) is 0 Å². The summed E-state index contributed by atoms with van der Waals surface area (Å²) in [5, 5.41) is 2.77. The number of rotatable bonds is 4. The quantitative estimate of drug-likeness (QED) is 0.731. The Kier molecular flexibility index (Phi) is 4.61. The highest BCUT2D eigenvalue weighted by Crippen LogP contribution is 2.31. The van der Waals surface area contributed by atoms with Crippen LogP contribution in [0.5, 0.6) is 0 Å². The maximum atomic E-state index is 12.7. The lowest BCUT2D eigenvalue weighted by atomic mass is 9.98. The van der Waals surface area contributed by atoms with Crippen molar-refractivity contribution in [1.82, 2.24) is 5.32 Å². The maximum absolute atomic E-state index is 12.7. The number of alkyl halides is 3. The Balaban J connectivity index is 1.84. The van der Waals surface area contributed by atoms with Crippen molar-refractivity contribution in [2.75, 3.05) is 0 Å². The molecule has 0 aliphatic carbocycles. The number of nitrogens with one attached hydrogen (secondary N) is 1. The monoisotopic (exact) mass is 345 g/mol. The molecule has 25 heavy (non-hydrogen) atoms. The molecule has 0 spiro atoms. The number of benzene rings is 2. The van der Waals surface area contributed by atoms with Gasteiger partial charge in [-0.1, -0.05) is 30.3 Å². The Labute approximate surface area is 142 Å². The summed E-state index contributed by atoms with van der Waals surface area (Å²) in [5.41, 5.74) is 1.60. The van der Waals surface area contributed by atoms with Crippen LogP contribution in [0.15, 0.2) is 71.5 Å². The minimum absolute atomic E-state index is 0.302. The highest BCUT2D eigenvalue weighted by Gasteiger charge is 2.30. The molecule has 0 aliphatic rings. The van der Waals surface area contributed by atoms with Gasteiger partial charge in [-0.05, 0) is 35.4 Å². The molecule has 0 saturated heterocycles. The summed E-state index contributed by atoms with van der Waals surface area (Å²) in [6.07, 6.45) is -1.35. The summed E-state index contributed by atoms with van der Waals surface area (Å²) in [7, 11) is 0. The largest absolute Gasteiger partial charge is 0.472 e. The van der Waals surface area contributed by atoms with Crippen LogP contribution in [0.25, 0.3) is 11.1 Å². The van der Waals surface area contributed by atoms with Gasteiger partial charge in [-0.2, -0.15) is 13.2 Å². The van der Waals surface area contributed by atoms with Crippen molar-refractivity contribution >= 4 is 5.91 Å². The molecule has 0 fully saturated rings. The van der Waals surface area contributed by atoms with Crippen LogP contribution in [-0.4, -0.2) is 5.91 Å². The predicted octanol–water partition coefficient (Wildman–Crippen LogP) is 4.90. The molecule has 0 aliphatic heterocycles. The third-order valence-corrected chi connectivity index (χ3v) is 3.73. The second-order valence-electron chi connectivity index (χ2n) is 5.43. The first-order valence-corrected chi connectivity index (χ1v) is 7.51. The van der Waals surface area contributed by atoms with E-state index in [4.69, 9.17) is 4.42 Å². The molecule has 0 saturated carbocycles. The van der Waals surface area contributed by atoms with Gasteiger partial charge in [-0.25, -0.2) is 0 Å². The second kappa shape index (κ2) is 6.84. The van der Waals surface area contributed by atoms with Crippen LogP contribution in [0.4, 0.5) is 13.2 Å². The smallest absolute Gasteiger partial charge is 0.416 e. The van der Waals surface area contributed by atoms with E-state index in [1.807, 2.05) is 0 Å². The van der Waals surface area contributed by atoms with Gasteiger partial charge in [0.25, 0.3) is 5.91 Å². The molecule has 1 heterocycles. The van der Waals surface area contributed by atoms with E-state index in [9.17, 15) is 18.0 Å². The number of amides is 1. The summed E-state index contributed by atoms with van der Waals surface area (Å²) in [5.74, 6) is -0.309. The summed E-state index contributed by atoms with van der Waals surface area (Å²) < 4.78 is 43.0. The third kappa shape index (κ3) is 3.91. The predicted molar refractivity (Wildman–Crippen MR) is 86.8 cm³/mol. The van der Waals surface area contributed by atoms with Crippen LogP contribution >= 0.6 is 0 Å². The van der Waals surface area contributed by atoms with E-state index in [-0.39, 0.29) is 5.91 Å². The fourth-order valence-corrected chi connectivity index (χ4v) is 2.44. The Morgan fingerprint density at radius 3 is 2.36 bits per heavy atom. The summed E-state index contributed by atoms with van der Waals surface area (Å²) >= 11 is 0. The Hall–Kier alpha value is -3.02. The van der Waals surface area contributed by atoms with E-state index in [2.05, 4.69) is 5.32 Å². The lowest BCUT2D eigenvalue weighted by molar-refractivity contribution is -0.137. The molecule has 3 rings (SSSR count). The van der Waals surface area contributed by atoms with Crippen LogP contribution in [0, 0.1) is 0 Å². The van der Waals surface area contributed by atoms with Crippen molar-refractivity contribution in [3.63, 3.8) is 0 Å². The van der Waals surface area contributed by atoms with E-state index in [1.54, 1.807) is 30.3 Å². The van der Waals surface area contributed by atoms with Gasteiger partial charge in [0.05, 0.1) is 18.1 Å². The molecule has 6 heteroatoms. The zero-order valence-electron chi connectivity index (χ0n) is 13.0. The highest BCUT2D eigenvalue weighted by molar-refractivity contribution is 6.00. The fourth-order valence-electron chi connectivity index (χ4n) is 2.44. The van der Waals surface area contributed by atoms with Crippen molar-refractivity contribution < 1.29 is 22.4 Å². The van der Waals surface area contributed by atoms with Crippen molar-refractivity contribution in [3.05, 3.63) is 83.8 Å². The molecule has 0 bridgehead atoms. The average Bonchev–Trinajstić information content (AvgIpc) is 3.12. The standard InChI is InChI=1S/C19H14F3NO2/c20-19(21,22)15-7-5-14(6-8-15)16-3-1-2-4-17(16)18(24)23-11-13-9-10-25-12-13/h1-10,12H,11H2,(H,23,24). The van der Waals surface area contributed by atoms with E-state index in [0.29, 0.717) is 23.2 Å². The van der Waals surface area contributed by atoms with Crippen molar-refractivity contribution in [2.45, 2.75) is 12.7 Å². The van der Waals surface area contributed by atoms with Crippen LogP contribution in [0.1, 0.15) is 21.5 Å². The molecule has 128 valence electrons. The normalized spacial score (nSPS) is 11.3. The highest BCUT2D eigenvalue weighted by atomic mass is 19.4. The van der Waals surface area contributed by atoms with Crippen LogP contribution in [-0.2, 0) is 12.7 Å². The number of hydrogen-bond donors (Lipinski definition) is 1. The minimum atomic E-state index is -4.39. The van der Waals surface area contributed by atoms with Crippen LogP contribution in [0.3, 0.4) is 0 Å². The zero-order chi connectivity index (χ0) is 17.9. The summed E-state index contributed by atoms with van der Waals surface area (Å²) in [4.78, 5) is 12.4. The van der Waals surface area contributed by atoms with Gasteiger partial charge in [-0.3, -0.25) is 4.79 Å². The number of carbonyl (C=O) groups excluding carboxylic acids is 1. The van der Waals surface area contributed by atoms with Gasteiger partial charge >= 0.3 is 6.18 Å². The van der Waals surface area contributed by atoms with Gasteiger partial charge in [0, 0.05) is 17.7 Å². The Bertz CT molecular complexity index is 853. The van der Waals surface area contributed by atoms with E-state index < -0.39 is 11.7 Å². The van der Waals surface area contributed by atoms with Crippen molar-refractivity contribution in [3.8, 4) is 11.1 Å². The number of carbonyl (C=O) groups is 1. The van der Waals surface area contributed by atoms with E-state index in [1.165, 1.54) is 24.7 Å². The molecular weight excluding hydrogens is 331 g/mol. The fraction of sp³-hybridized carbons (Fsp3) is 0.105. The molecule has 1 N–H and O–H groups in total.